The van der Waals surface area contributed by atoms with Gasteiger partial charge in [-0.3, -0.25) is 9.69 Å². The van der Waals surface area contributed by atoms with Crippen LogP contribution in [0.5, 0.6) is 0 Å². The third kappa shape index (κ3) is 4.54. The fraction of sp³-hybridized carbons (Fsp3) is 0.526. The summed E-state index contributed by atoms with van der Waals surface area (Å²) in [5.41, 5.74) is 0.776. The van der Waals surface area contributed by atoms with Crippen LogP contribution >= 0.6 is 23.2 Å². The maximum absolute atomic E-state index is 12.4. The summed E-state index contributed by atoms with van der Waals surface area (Å²) < 4.78 is 23.2. The van der Waals surface area contributed by atoms with Gasteiger partial charge in [0.1, 0.15) is 5.76 Å². The molecule has 1 heterocycles. The Balaban J connectivity index is 1.93. The van der Waals surface area contributed by atoms with Crippen LogP contribution in [0.4, 0.5) is 0 Å². The molecule has 0 radical (unpaired) electrons. The number of rotatable bonds is 3. The third-order valence-corrected chi connectivity index (χ3v) is 7.70. The van der Waals surface area contributed by atoms with Crippen LogP contribution in [0.25, 0.3) is 5.76 Å². The highest BCUT2D eigenvalue weighted by molar-refractivity contribution is 7.91. The van der Waals surface area contributed by atoms with Crippen LogP contribution in [0.1, 0.15) is 30.9 Å². The van der Waals surface area contributed by atoms with Crippen LogP contribution in [0.3, 0.4) is 0 Å². The molecule has 1 saturated carbocycles. The molecule has 2 aliphatic rings. The molecule has 1 aromatic rings. The van der Waals surface area contributed by atoms with E-state index in [1.54, 1.807) is 6.07 Å². The number of nitrogens with zero attached hydrogens (tertiary/aromatic N) is 1. The van der Waals surface area contributed by atoms with Crippen molar-refractivity contribution in [2.75, 3.05) is 24.6 Å². The minimum atomic E-state index is -3.00. The van der Waals surface area contributed by atoms with Crippen LogP contribution in [0.2, 0.25) is 10.0 Å². The number of sulfone groups is 1. The van der Waals surface area contributed by atoms with Crippen molar-refractivity contribution in [3.63, 3.8) is 0 Å². The first kappa shape index (κ1) is 21.6. The Morgan fingerprint density at radius 2 is 1.89 bits per heavy atom. The van der Waals surface area contributed by atoms with Crippen molar-refractivity contribution >= 4 is 44.6 Å². The van der Waals surface area contributed by atoms with Gasteiger partial charge in [0, 0.05) is 42.2 Å². The second-order valence-electron chi connectivity index (χ2n) is 7.56. The van der Waals surface area contributed by atoms with E-state index in [-0.39, 0.29) is 51.5 Å². The van der Waals surface area contributed by atoms with E-state index in [2.05, 4.69) is 0 Å². The molecule has 2 fully saturated rings. The molecule has 6 nitrogen and oxygen atoms in total. The fourth-order valence-electron chi connectivity index (χ4n) is 3.69. The van der Waals surface area contributed by atoms with E-state index in [4.69, 9.17) is 23.2 Å². The summed E-state index contributed by atoms with van der Waals surface area (Å²) >= 11 is 12.8. The van der Waals surface area contributed by atoms with E-state index < -0.39 is 15.9 Å². The Morgan fingerprint density at radius 1 is 1.25 bits per heavy atom. The lowest BCUT2D eigenvalue weighted by atomic mass is 9.82. The van der Waals surface area contributed by atoms with E-state index in [0.717, 1.165) is 0 Å². The third-order valence-electron chi connectivity index (χ3n) is 5.31. The molecule has 3 rings (SSSR count). The minimum absolute atomic E-state index is 0.0164. The van der Waals surface area contributed by atoms with E-state index in [0.29, 0.717) is 36.6 Å². The summed E-state index contributed by atoms with van der Waals surface area (Å²) in [6.07, 6.45) is -0.388. The minimum Gasteiger partial charge on any atom is -0.507 e. The topological polar surface area (TPSA) is 94.9 Å². The van der Waals surface area contributed by atoms with Crippen molar-refractivity contribution in [2.24, 2.45) is 5.92 Å². The monoisotopic (exact) mass is 447 g/mol. The molecular formula is C19H23Cl2NO5S. The first-order valence-electron chi connectivity index (χ1n) is 9.13. The van der Waals surface area contributed by atoms with Crippen molar-refractivity contribution in [3.8, 4) is 0 Å². The van der Waals surface area contributed by atoms with Gasteiger partial charge in [0.25, 0.3) is 0 Å². The number of aliphatic hydroxyl groups is 2. The number of aliphatic hydroxyl groups excluding tert-OH is 2. The van der Waals surface area contributed by atoms with Gasteiger partial charge in [-0.25, -0.2) is 8.42 Å². The zero-order chi connectivity index (χ0) is 20.6. The number of ketones is 1. The lowest BCUT2D eigenvalue weighted by Crippen LogP contribution is -2.39. The summed E-state index contributed by atoms with van der Waals surface area (Å²) in [6, 6.07) is 3.10. The van der Waals surface area contributed by atoms with Crippen molar-refractivity contribution < 1.29 is 23.4 Å². The molecule has 2 N–H and O–H groups in total. The van der Waals surface area contributed by atoms with Crippen molar-refractivity contribution in [3.05, 3.63) is 38.9 Å². The highest BCUT2D eigenvalue weighted by Crippen LogP contribution is 2.36. The molecule has 154 valence electrons. The number of carbonyl (C=O) groups excluding carboxylic acids is 1. The largest absolute Gasteiger partial charge is 0.507 e. The molecule has 2 atom stereocenters. The van der Waals surface area contributed by atoms with Crippen LogP contribution in [-0.4, -0.2) is 60.0 Å². The highest BCUT2D eigenvalue weighted by atomic mass is 35.5. The standard InChI is InChI=1S/C19H23Cl2NO5S/c1-11-8-15(23)17(16(24)9-11)19(25)12-2-3-14(20)13(18(12)21)10-22-4-6-28(26,27)7-5-22/h2-3,11,15,23,25H,4-10H2,1H3. The van der Waals surface area contributed by atoms with Gasteiger partial charge in [-0.05, 0) is 24.5 Å². The molecule has 1 aliphatic carbocycles. The van der Waals surface area contributed by atoms with Gasteiger partial charge in [0.15, 0.2) is 15.6 Å². The summed E-state index contributed by atoms with van der Waals surface area (Å²) in [4.78, 5) is 14.3. The Bertz CT molecular complexity index is 914. The van der Waals surface area contributed by atoms with Crippen LogP contribution < -0.4 is 0 Å². The van der Waals surface area contributed by atoms with Crippen molar-refractivity contribution in [1.29, 1.82) is 0 Å². The zero-order valence-electron chi connectivity index (χ0n) is 15.5. The van der Waals surface area contributed by atoms with Gasteiger partial charge in [0.05, 0.1) is 28.2 Å². The van der Waals surface area contributed by atoms with Gasteiger partial charge in [0.2, 0.25) is 0 Å². The van der Waals surface area contributed by atoms with E-state index >= 15 is 0 Å². The first-order valence-corrected chi connectivity index (χ1v) is 11.7. The second kappa shape index (κ2) is 8.32. The average Bonchev–Trinajstić information content (AvgIpc) is 2.59. The molecule has 1 aliphatic heterocycles. The summed E-state index contributed by atoms with van der Waals surface area (Å²) in [5, 5.41) is 21.6. The van der Waals surface area contributed by atoms with Gasteiger partial charge >= 0.3 is 0 Å². The molecule has 0 spiro atoms. The Labute approximate surface area is 174 Å². The van der Waals surface area contributed by atoms with Crippen molar-refractivity contribution in [1.82, 2.24) is 4.90 Å². The maximum Gasteiger partial charge on any atom is 0.165 e. The summed E-state index contributed by atoms with van der Waals surface area (Å²) in [6.45, 7) is 2.96. The molecule has 0 bridgehead atoms. The first-order chi connectivity index (χ1) is 13.1. The maximum atomic E-state index is 12.4. The number of Topliss-reactive ketones (excluding diaryl/α,β-unsaturated/α-hetero) is 1. The van der Waals surface area contributed by atoms with Crippen molar-refractivity contribution in [2.45, 2.75) is 32.4 Å². The van der Waals surface area contributed by atoms with Crippen LogP contribution in [0.15, 0.2) is 17.7 Å². The van der Waals surface area contributed by atoms with E-state index in [1.807, 2.05) is 11.8 Å². The predicted octanol–water partition coefficient (Wildman–Crippen LogP) is 2.85. The number of benzene rings is 1. The molecule has 1 saturated heterocycles. The number of halogens is 2. The van der Waals surface area contributed by atoms with Crippen LogP contribution in [0, 0.1) is 5.92 Å². The second-order valence-corrected chi connectivity index (χ2v) is 10.7. The van der Waals surface area contributed by atoms with Gasteiger partial charge in [-0.2, -0.15) is 0 Å². The Kier molecular flexibility index (Phi) is 6.41. The Morgan fingerprint density at radius 3 is 2.50 bits per heavy atom. The lowest BCUT2D eigenvalue weighted by molar-refractivity contribution is -0.119. The summed E-state index contributed by atoms with van der Waals surface area (Å²) in [5.74, 6) is -0.413. The van der Waals surface area contributed by atoms with E-state index in [9.17, 15) is 23.4 Å². The van der Waals surface area contributed by atoms with E-state index in [1.165, 1.54) is 6.07 Å². The quantitative estimate of drug-likeness (QED) is 0.546. The molecule has 0 amide bonds. The van der Waals surface area contributed by atoms with Gasteiger partial charge in [-0.1, -0.05) is 30.1 Å². The molecule has 1 aromatic carbocycles. The fourth-order valence-corrected chi connectivity index (χ4v) is 5.54. The zero-order valence-corrected chi connectivity index (χ0v) is 17.8. The summed E-state index contributed by atoms with van der Waals surface area (Å²) in [7, 11) is -3.00. The highest BCUT2D eigenvalue weighted by Gasteiger charge is 2.33. The van der Waals surface area contributed by atoms with Crippen LogP contribution in [-0.2, 0) is 21.2 Å². The number of hydrogen-bond acceptors (Lipinski definition) is 6. The average molecular weight is 448 g/mol. The molecule has 28 heavy (non-hydrogen) atoms. The Hall–Kier alpha value is -1.12. The normalized spacial score (nSPS) is 27.6. The van der Waals surface area contributed by atoms with Gasteiger partial charge in [-0.15, -0.1) is 0 Å². The molecular weight excluding hydrogens is 425 g/mol. The van der Waals surface area contributed by atoms with Gasteiger partial charge < -0.3 is 10.2 Å². The smallest absolute Gasteiger partial charge is 0.165 e. The SMILES string of the molecule is CC1CC(=O)C(=C(O)c2ccc(Cl)c(CN3CCS(=O)(=O)CC3)c2Cl)C(O)C1. The lowest BCUT2D eigenvalue weighted by Gasteiger charge is -2.28. The number of hydrogen-bond donors (Lipinski definition) is 2. The number of carbonyl (C=O) groups is 1. The molecule has 9 heteroatoms. The molecule has 0 aromatic heterocycles. The predicted molar refractivity (Wildman–Crippen MR) is 109 cm³/mol. The molecule has 2 unspecified atom stereocenters.